The van der Waals surface area contributed by atoms with Gasteiger partial charge in [0.15, 0.2) is 14.0 Å². The van der Waals surface area contributed by atoms with E-state index in [-0.39, 0.29) is 34.0 Å². The molecule has 330 valence electrons. The number of hydrogen-bond acceptors (Lipinski definition) is 10. The SMILES string of the molecule is CC[Si](CC)(CC)OC(CN(CCOc1ccc2c(C(F)(F)F)nn(C(=O)OC(C)(C)C)c2c1)Cc1ccccc1)c1ccc(Cl)c(N(CC(=O)OC(C)(C)C)S(=O)[O-])c1. The van der Waals surface area contributed by atoms with Gasteiger partial charge in [0.2, 0.25) is 0 Å². The van der Waals surface area contributed by atoms with Crippen molar-refractivity contribution >= 4 is 59.8 Å². The highest BCUT2D eigenvalue weighted by atomic mass is 35.5. The summed E-state index contributed by atoms with van der Waals surface area (Å²) in [6, 6.07) is 21.1. The molecule has 0 aliphatic carbocycles. The molecule has 0 fully saturated rings. The molecule has 0 radical (unpaired) electrons. The van der Waals surface area contributed by atoms with Crippen molar-refractivity contribution in [2.24, 2.45) is 0 Å². The number of aromatic nitrogens is 2. The topological polar surface area (TPSA) is 135 Å². The minimum atomic E-state index is -4.83. The number of alkyl halides is 3. The highest BCUT2D eigenvalue weighted by Crippen LogP contribution is 2.37. The molecule has 18 heteroatoms. The van der Waals surface area contributed by atoms with Gasteiger partial charge in [-0.1, -0.05) is 68.8 Å². The Morgan fingerprint density at radius 3 is 2.12 bits per heavy atom. The molecule has 1 aromatic heterocycles. The first kappa shape index (κ1) is 48.7. The molecule has 3 aromatic carbocycles. The fraction of sp³-hybridized carbons (Fsp3) is 0.500. The molecule has 4 rings (SSSR count). The monoisotopic (exact) mass is 895 g/mol. The van der Waals surface area contributed by atoms with Crippen LogP contribution in [0.15, 0.2) is 66.7 Å². The summed E-state index contributed by atoms with van der Waals surface area (Å²) in [7, 11) is -2.33. The van der Waals surface area contributed by atoms with Crippen molar-refractivity contribution in [1.29, 1.82) is 0 Å². The number of carbonyl (C=O) groups is 2. The van der Waals surface area contributed by atoms with Gasteiger partial charge in [-0.2, -0.15) is 23.0 Å². The minimum absolute atomic E-state index is 0.0837. The molecule has 0 spiro atoms. The molecular weight excluding hydrogens is 841 g/mol. The maximum atomic E-state index is 14.0. The minimum Gasteiger partial charge on any atom is -0.755 e. The smallest absolute Gasteiger partial charge is 0.435 e. The van der Waals surface area contributed by atoms with E-state index in [1.54, 1.807) is 59.7 Å². The lowest BCUT2D eigenvalue weighted by Crippen LogP contribution is -2.41. The fourth-order valence-corrected chi connectivity index (χ4v) is 10.2. The van der Waals surface area contributed by atoms with Crippen molar-refractivity contribution in [2.45, 2.75) is 110 Å². The molecule has 1 heterocycles. The van der Waals surface area contributed by atoms with Crippen LogP contribution in [0.3, 0.4) is 0 Å². The van der Waals surface area contributed by atoms with Gasteiger partial charge in [-0.05, 0) is 95.1 Å². The van der Waals surface area contributed by atoms with Crippen molar-refractivity contribution in [1.82, 2.24) is 14.7 Å². The number of esters is 1. The number of anilines is 1. The van der Waals surface area contributed by atoms with Crippen LogP contribution < -0.4 is 9.04 Å². The summed E-state index contributed by atoms with van der Waals surface area (Å²) in [5.74, 6) is -0.542. The van der Waals surface area contributed by atoms with Crippen molar-refractivity contribution in [3.63, 3.8) is 0 Å². The van der Waals surface area contributed by atoms with Crippen molar-refractivity contribution in [2.75, 3.05) is 30.5 Å². The number of carbonyl (C=O) groups excluding carboxylic acids is 2. The van der Waals surface area contributed by atoms with Crippen LogP contribution in [-0.4, -0.2) is 81.3 Å². The van der Waals surface area contributed by atoms with E-state index in [1.165, 1.54) is 18.2 Å². The van der Waals surface area contributed by atoms with E-state index in [1.807, 2.05) is 30.3 Å². The van der Waals surface area contributed by atoms with Gasteiger partial charge in [-0.25, -0.2) is 4.79 Å². The molecular formula is C42H55ClF3N4O8SSi-. The third kappa shape index (κ3) is 13.5. The Hall–Kier alpha value is -4.00. The molecule has 0 bridgehead atoms. The van der Waals surface area contributed by atoms with Crippen LogP contribution in [0, 0.1) is 0 Å². The van der Waals surface area contributed by atoms with Gasteiger partial charge in [-0.15, -0.1) is 0 Å². The molecule has 12 nitrogen and oxygen atoms in total. The van der Waals surface area contributed by atoms with E-state index in [4.69, 9.17) is 30.2 Å². The summed E-state index contributed by atoms with van der Waals surface area (Å²) in [4.78, 5) is 27.9. The summed E-state index contributed by atoms with van der Waals surface area (Å²) in [5, 5.41) is 3.41. The second-order valence-electron chi connectivity index (χ2n) is 16.4. The highest BCUT2D eigenvalue weighted by Gasteiger charge is 2.39. The third-order valence-electron chi connectivity index (χ3n) is 9.65. The number of rotatable bonds is 18. The Labute approximate surface area is 358 Å². The molecule has 0 aliphatic rings. The van der Waals surface area contributed by atoms with Crippen LogP contribution in [-0.2, 0) is 42.7 Å². The number of halogens is 4. The molecule has 0 N–H and O–H groups in total. The molecule has 4 aromatic rings. The second-order valence-corrected chi connectivity index (χ2v) is 22.4. The number of hydrogen-bond donors (Lipinski definition) is 0. The van der Waals surface area contributed by atoms with E-state index >= 15 is 0 Å². The maximum absolute atomic E-state index is 14.0. The van der Waals surface area contributed by atoms with Crippen LogP contribution in [0.2, 0.25) is 23.2 Å². The summed E-state index contributed by atoms with van der Waals surface area (Å²) in [5.41, 5.74) is -1.45. The van der Waals surface area contributed by atoms with Crippen LogP contribution in [0.4, 0.5) is 23.7 Å². The molecule has 0 aliphatic heterocycles. The predicted octanol–water partition coefficient (Wildman–Crippen LogP) is 10.1. The summed E-state index contributed by atoms with van der Waals surface area (Å²) in [6.07, 6.45) is -6.48. The average Bonchev–Trinajstić information content (AvgIpc) is 3.55. The fourth-order valence-electron chi connectivity index (χ4n) is 6.58. The van der Waals surface area contributed by atoms with Crippen LogP contribution in [0.1, 0.15) is 85.2 Å². The van der Waals surface area contributed by atoms with E-state index in [9.17, 15) is 31.5 Å². The number of benzene rings is 3. The normalized spacial score (nSPS) is 13.7. The van der Waals surface area contributed by atoms with Gasteiger partial charge in [0.05, 0.1) is 22.3 Å². The Bertz CT molecular complexity index is 2100. The lowest BCUT2D eigenvalue weighted by atomic mass is 10.1. The zero-order valence-corrected chi connectivity index (χ0v) is 38.1. The van der Waals surface area contributed by atoms with Gasteiger partial charge in [0.1, 0.15) is 30.1 Å². The Morgan fingerprint density at radius 1 is 0.917 bits per heavy atom. The quantitative estimate of drug-likeness (QED) is 0.0540. The standard InChI is InChI=1S/C42H56ClF3N4O8SSi/c1-10-60(11-2,12-3)58-36(30-18-21-33(43)35(24-30)49(59(53)54)28-37(51)56-40(4,5)6)27-48(26-29-16-14-13-15-17-29)22-23-55-31-19-20-32-34(25-31)50(39(52)57-41(7,8)9)47-38(32)42(44,45)46/h13-21,24-25,36H,10-12,22-23,26-28H2,1-9H3,(H,53,54)/p-1. The molecule has 0 saturated carbocycles. The van der Waals surface area contributed by atoms with Gasteiger partial charge in [0.25, 0.3) is 0 Å². The Kier molecular flexibility index (Phi) is 16.4. The van der Waals surface area contributed by atoms with Gasteiger partial charge >= 0.3 is 18.2 Å². The van der Waals surface area contributed by atoms with E-state index in [0.717, 1.165) is 28.0 Å². The van der Waals surface area contributed by atoms with Crippen LogP contribution in [0.25, 0.3) is 10.9 Å². The summed E-state index contributed by atoms with van der Waals surface area (Å²) >= 11 is 3.73. The Balaban J connectivity index is 1.71. The first-order valence-electron chi connectivity index (χ1n) is 19.8. The Morgan fingerprint density at radius 2 is 1.55 bits per heavy atom. The molecule has 0 saturated heterocycles. The predicted molar refractivity (Wildman–Crippen MR) is 228 cm³/mol. The lowest BCUT2D eigenvalue weighted by Gasteiger charge is -2.37. The molecule has 2 unspecified atom stereocenters. The van der Waals surface area contributed by atoms with Gasteiger partial charge in [0, 0.05) is 42.4 Å². The molecule has 2 atom stereocenters. The third-order valence-corrected chi connectivity index (χ3v) is 15.3. The number of fused-ring (bicyclic) bond motifs is 1. The molecule has 60 heavy (non-hydrogen) atoms. The maximum Gasteiger partial charge on any atom is 0.435 e. The first-order valence-corrected chi connectivity index (χ1v) is 23.7. The van der Waals surface area contributed by atoms with Crippen molar-refractivity contribution in [3.8, 4) is 5.75 Å². The molecule has 0 amide bonds. The zero-order valence-electron chi connectivity index (χ0n) is 35.6. The summed E-state index contributed by atoms with van der Waals surface area (Å²) in [6.45, 7) is 16.7. The average molecular weight is 897 g/mol. The number of nitrogens with zero attached hydrogens (tertiary/aromatic N) is 4. The van der Waals surface area contributed by atoms with Crippen LogP contribution >= 0.6 is 11.6 Å². The summed E-state index contributed by atoms with van der Waals surface area (Å²) < 4.78 is 92.6. The van der Waals surface area contributed by atoms with Gasteiger partial charge < -0.3 is 23.2 Å². The van der Waals surface area contributed by atoms with Crippen molar-refractivity contribution in [3.05, 3.63) is 88.6 Å². The van der Waals surface area contributed by atoms with Crippen molar-refractivity contribution < 1.29 is 50.2 Å². The highest BCUT2D eigenvalue weighted by molar-refractivity contribution is 7.80. The van der Waals surface area contributed by atoms with E-state index in [2.05, 4.69) is 30.8 Å². The largest absolute Gasteiger partial charge is 0.755 e. The van der Waals surface area contributed by atoms with E-state index in [0.29, 0.717) is 29.9 Å². The second kappa shape index (κ2) is 20.2. The lowest BCUT2D eigenvalue weighted by molar-refractivity contribution is -0.152. The zero-order chi connectivity index (χ0) is 44.6. The van der Waals surface area contributed by atoms with Gasteiger partial charge in [-0.3, -0.25) is 18.2 Å². The number of ether oxygens (including phenoxy) is 3. The van der Waals surface area contributed by atoms with Crippen LogP contribution in [0.5, 0.6) is 5.75 Å². The van der Waals surface area contributed by atoms with E-state index < -0.39 is 67.4 Å². The first-order chi connectivity index (χ1) is 28.0.